The Morgan fingerprint density at radius 1 is 0.943 bits per heavy atom. The van der Waals surface area contributed by atoms with Gasteiger partial charge >= 0.3 is 12.1 Å². The summed E-state index contributed by atoms with van der Waals surface area (Å²) in [6, 6.07) is 16.3. The molecule has 2 fully saturated rings. The van der Waals surface area contributed by atoms with Crippen LogP contribution >= 0.6 is 0 Å². The maximum Gasteiger partial charge on any atom is 0.407 e. The summed E-state index contributed by atoms with van der Waals surface area (Å²) < 4.78 is 10.9. The molecular weight excluding hydrogens is 448 g/mol. The van der Waals surface area contributed by atoms with Crippen molar-refractivity contribution in [2.75, 3.05) is 26.4 Å². The maximum atomic E-state index is 12.6. The Kier molecular flexibility index (Phi) is 6.23. The highest BCUT2D eigenvalue weighted by Crippen LogP contribution is 2.44. The van der Waals surface area contributed by atoms with E-state index < -0.39 is 23.0 Å². The second kappa shape index (κ2) is 9.34. The van der Waals surface area contributed by atoms with Crippen LogP contribution in [0.4, 0.5) is 4.79 Å². The van der Waals surface area contributed by atoms with E-state index in [2.05, 4.69) is 34.9 Å². The molecule has 2 amide bonds. The van der Waals surface area contributed by atoms with Crippen molar-refractivity contribution >= 4 is 18.0 Å². The van der Waals surface area contributed by atoms with Crippen LogP contribution in [0.5, 0.6) is 0 Å². The molecule has 3 aliphatic rings. The molecule has 1 heterocycles. The van der Waals surface area contributed by atoms with Gasteiger partial charge in [-0.15, -0.1) is 0 Å². The number of aliphatic carboxylic acids is 1. The molecule has 0 spiro atoms. The van der Waals surface area contributed by atoms with Crippen molar-refractivity contribution in [1.29, 1.82) is 0 Å². The molecule has 8 nitrogen and oxygen atoms in total. The van der Waals surface area contributed by atoms with Crippen LogP contribution in [0.25, 0.3) is 11.1 Å². The molecule has 184 valence electrons. The number of alkyl carbamates (subject to hydrolysis) is 1. The van der Waals surface area contributed by atoms with E-state index in [4.69, 9.17) is 9.47 Å². The summed E-state index contributed by atoms with van der Waals surface area (Å²) in [5.41, 5.74) is 2.99. The lowest BCUT2D eigenvalue weighted by atomic mass is 9.80. The van der Waals surface area contributed by atoms with Crippen molar-refractivity contribution in [3.8, 4) is 11.1 Å². The highest BCUT2D eigenvalue weighted by Gasteiger charge is 2.47. The van der Waals surface area contributed by atoms with Crippen LogP contribution in [-0.2, 0) is 19.1 Å². The summed E-state index contributed by atoms with van der Waals surface area (Å²) in [4.78, 5) is 37.0. The molecule has 2 aromatic carbocycles. The van der Waals surface area contributed by atoms with Crippen LogP contribution in [0.1, 0.15) is 49.1 Å². The van der Waals surface area contributed by atoms with E-state index in [1.807, 2.05) is 24.3 Å². The first-order chi connectivity index (χ1) is 16.9. The van der Waals surface area contributed by atoms with Gasteiger partial charge in [-0.2, -0.15) is 0 Å². The molecule has 0 atom stereocenters. The number of carboxylic acid groups (broad SMARTS) is 1. The van der Waals surface area contributed by atoms with Crippen molar-refractivity contribution in [1.82, 2.24) is 10.6 Å². The molecule has 0 aromatic heterocycles. The normalized spacial score (nSPS) is 19.2. The number of carbonyl (C=O) groups excluding carboxylic acids is 2. The van der Waals surface area contributed by atoms with Crippen LogP contribution in [0.2, 0.25) is 0 Å². The fourth-order valence-electron chi connectivity index (χ4n) is 5.21. The van der Waals surface area contributed by atoms with Crippen molar-refractivity contribution in [2.24, 2.45) is 5.41 Å². The minimum absolute atomic E-state index is 0.0294. The Balaban J connectivity index is 1.14. The summed E-state index contributed by atoms with van der Waals surface area (Å²) in [5.74, 6) is -1.22. The van der Waals surface area contributed by atoms with Gasteiger partial charge in [-0.25, -0.2) is 4.79 Å². The molecule has 0 radical (unpaired) electrons. The summed E-state index contributed by atoms with van der Waals surface area (Å²) in [6.45, 7) is 1.02. The Labute approximate surface area is 204 Å². The number of ether oxygens (including phenoxy) is 2. The van der Waals surface area contributed by atoms with E-state index in [1.54, 1.807) is 0 Å². The maximum absolute atomic E-state index is 12.6. The third kappa shape index (κ3) is 4.75. The van der Waals surface area contributed by atoms with Crippen LogP contribution in [0, 0.1) is 5.41 Å². The molecule has 35 heavy (non-hydrogen) atoms. The molecule has 8 heteroatoms. The second-order valence-corrected chi connectivity index (χ2v) is 9.88. The van der Waals surface area contributed by atoms with Gasteiger partial charge < -0.3 is 25.2 Å². The molecule has 1 saturated carbocycles. The van der Waals surface area contributed by atoms with E-state index in [1.165, 1.54) is 0 Å². The van der Waals surface area contributed by atoms with Crippen molar-refractivity contribution in [3.05, 3.63) is 59.7 Å². The predicted molar refractivity (Wildman–Crippen MR) is 128 cm³/mol. The largest absolute Gasteiger partial charge is 0.481 e. The van der Waals surface area contributed by atoms with Gasteiger partial charge in [0.05, 0.1) is 11.0 Å². The first kappa shape index (κ1) is 23.4. The number of hydrogen-bond donors (Lipinski definition) is 3. The molecule has 1 saturated heterocycles. The monoisotopic (exact) mass is 478 g/mol. The molecule has 2 aromatic rings. The number of rotatable bonds is 8. The number of nitrogens with one attached hydrogen (secondary N) is 2. The molecule has 0 unspecified atom stereocenters. The summed E-state index contributed by atoms with van der Waals surface area (Å²) in [6.07, 6.45) is 1.66. The molecule has 2 aliphatic carbocycles. The van der Waals surface area contributed by atoms with Gasteiger partial charge in [-0.05, 0) is 47.9 Å². The average Bonchev–Trinajstić information content (AvgIpc) is 3.53. The van der Waals surface area contributed by atoms with Crippen LogP contribution < -0.4 is 10.6 Å². The molecule has 1 aliphatic heterocycles. The average molecular weight is 479 g/mol. The first-order valence-electron chi connectivity index (χ1n) is 12.1. The number of amides is 2. The topological polar surface area (TPSA) is 114 Å². The Hall–Kier alpha value is -3.39. The second-order valence-electron chi connectivity index (χ2n) is 9.88. The number of carbonyl (C=O) groups is 3. The minimum atomic E-state index is -0.995. The van der Waals surface area contributed by atoms with E-state index in [-0.39, 0.29) is 31.4 Å². The molecule has 5 rings (SSSR count). The fraction of sp³-hybridized carbons (Fsp3) is 0.444. The van der Waals surface area contributed by atoms with Gasteiger partial charge in [-0.1, -0.05) is 48.5 Å². The Morgan fingerprint density at radius 2 is 1.54 bits per heavy atom. The quantitative estimate of drug-likeness (QED) is 0.536. The van der Waals surface area contributed by atoms with Crippen molar-refractivity contribution < 1.29 is 29.0 Å². The predicted octanol–water partition coefficient (Wildman–Crippen LogP) is 3.45. The van der Waals surface area contributed by atoms with E-state index in [0.717, 1.165) is 22.3 Å². The van der Waals surface area contributed by atoms with Gasteiger partial charge in [0.15, 0.2) is 0 Å². The fourth-order valence-corrected chi connectivity index (χ4v) is 5.21. The number of benzene rings is 2. The third-order valence-corrected chi connectivity index (χ3v) is 7.59. The van der Waals surface area contributed by atoms with Gasteiger partial charge in [0, 0.05) is 32.1 Å². The Morgan fingerprint density at radius 3 is 2.11 bits per heavy atom. The summed E-state index contributed by atoms with van der Waals surface area (Å²) in [7, 11) is 0. The van der Waals surface area contributed by atoms with Gasteiger partial charge in [-0.3, -0.25) is 9.59 Å². The minimum Gasteiger partial charge on any atom is -0.481 e. The van der Waals surface area contributed by atoms with Gasteiger partial charge in [0.1, 0.15) is 6.61 Å². The smallest absolute Gasteiger partial charge is 0.407 e. The third-order valence-electron chi connectivity index (χ3n) is 7.59. The van der Waals surface area contributed by atoms with E-state index in [0.29, 0.717) is 38.9 Å². The van der Waals surface area contributed by atoms with Gasteiger partial charge in [0.25, 0.3) is 0 Å². The van der Waals surface area contributed by atoms with Crippen LogP contribution in [0.3, 0.4) is 0 Å². The molecular formula is C27H30N2O6. The number of hydrogen-bond acceptors (Lipinski definition) is 5. The highest BCUT2D eigenvalue weighted by atomic mass is 16.5. The van der Waals surface area contributed by atoms with Crippen LogP contribution in [-0.4, -0.2) is 55.0 Å². The molecule has 3 N–H and O–H groups in total. The van der Waals surface area contributed by atoms with Crippen molar-refractivity contribution in [3.63, 3.8) is 0 Å². The number of fused-ring (bicyclic) bond motifs is 3. The van der Waals surface area contributed by atoms with Gasteiger partial charge in [0.2, 0.25) is 5.91 Å². The molecule has 0 bridgehead atoms. The zero-order chi connectivity index (χ0) is 24.5. The SMILES string of the molecule is O=C(CC1(NC(=O)OCC2c3ccccc3-c3ccccc32)CC1)NCC1(C(=O)O)CCOCC1. The lowest BCUT2D eigenvalue weighted by Gasteiger charge is -2.33. The van der Waals surface area contributed by atoms with Crippen LogP contribution in [0.15, 0.2) is 48.5 Å². The highest BCUT2D eigenvalue weighted by molar-refractivity contribution is 5.82. The number of carboxylic acids is 1. The Bertz CT molecular complexity index is 1090. The van der Waals surface area contributed by atoms with Crippen molar-refractivity contribution in [2.45, 2.75) is 43.6 Å². The lowest BCUT2D eigenvalue weighted by molar-refractivity contribution is -0.154. The summed E-state index contributed by atoms with van der Waals surface area (Å²) in [5, 5.41) is 15.3. The van der Waals surface area contributed by atoms with E-state index in [9.17, 15) is 19.5 Å². The lowest BCUT2D eigenvalue weighted by Crippen LogP contribution is -2.48. The zero-order valence-corrected chi connectivity index (χ0v) is 19.5. The zero-order valence-electron chi connectivity index (χ0n) is 19.5. The van der Waals surface area contributed by atoms with E-state index >= 15 is 0 Å². The standard InChI is InChI=1S/C27H30N2O6/c30-23(28-17-26(24(31)32)11-13-34-14-12-26)15-27(9-10-27)29-25(33)35-16-22-20-7-3-1-5-18(20)19-6-2-4-8-21(19)22/h1-8,22H,9-17H2,(H,28,30)(H,29,33)(H,31,32). The summed E-state index contributed by atoms with van der Waals surface area (Å²) >= 11 is 0. The first-order valence-corrected chi connectivity index (χ1v) is 12.1.